The maximum Gasteiger partial charge on any atom is 0.274 e. The number of hydrogen-bond acceptors (Lipinski definition) is 6. The highest BCUT2D eigenvalue weighted by Gasteiger charge is 2.29. The zero-order valence-corrected chi connectivity index (χ0v) is 14.5. The van der Waals surface area contributed by atoms with Gasteiger partial charge in [0.1, 0.15) is 5.69 Å². The first-order chi connectivity index (χ1) is 12.7. The molecule has 0 N–H and O–H groups in total. The van der Waals surface area contributed by atoms with E-state index in [2.05, 4.69) is 20.1 Å². The second-order valence-electron chi connectivity index (χ2n) is 6.46. The van der Waals surface area contributed by atoms with Gasteiger partial charge in [-0.2, -0.15) is 4.98 Å². The Morgan fingerprint density at radius 2 is 2.04 bits per heavy atom. The molecule has 1 amide bonds. The largest absolute Gasteiger partial charge is 0.339 e. The van der Waals surface area contributed by atoms with Crippen LogP contribution in [0.25, 0.3) is 11.4 Å². The van der Waals surface area contributed by atoms with Gasteiger partial charge in [0.25, 0.3) is 5.91 Å². The lowest BCUT2D eigenvalue weighted by Gasteiger charge is -2.30. The molecule has 0 saturated carbocycles. The first kappa shape index (κ1) is 16.4. The van der Waals surface area contributed by atoms with E-state index in [1.807, 2.05) is 37.3 Å². The number of likely N-dealkylation sites (tertiary alicyclic amines) is 1. The molecule has 0 bridgehead atoms. The van der Waals surface area contributed by atoms with E-state index in [1.54, 1.807) is 11.1 Å². The fourth-order valence-electron chi connectivity index (χ4n) is 3.13. The smallest absolute Gasteiger partial charge is 0.274 e. The van der Waals surface area contributed by atoms with E-state index in [-0.39, 0.29) is 11.8 Å². The third-order valence-electron chi connectivity index (χ3n) is 4.53. The summed E-state index contributed by atoms with van der Waals surface area (Å²) >= 11 is 0. The van der Waals surface area contributed by atoms with Crippen molar-refractivity contribution in [2.45, 2.75) is 25.7 Å². The van der Waals surface area contributed by atoms with Gasteiger partial charge in [-0.15, -0.1) is 0 Å². The van der Waals surface area contributed by atoms with Gasteiger partial charge < -0.3 is 9.42 Å². The molecule has 132 valence electrons. The van der Waals surface area contributed by atoms with Crippen molar-refractivity contribution in [3.63, 3.8) is 0 Å². The van der Waals surface area contributed by atoms with Crippen LogP contribution in [0.4, 0.5) is 0 Å². The normalized spacial score (nSPS) is 17.3. The summed E-state index contributed by atoms with van der Waals surface area (Å²) in [4.78, 5) is 27.3. The number of carbonyl (C=O) groups is 1. The summed E-state index contributed by atoms with van der Waals surface area (Å²) in [6.07, 6.45) is 4.94. The van der Waals surface area contributed by atoms with Crippen LogP contribution < -0.4 is 0 Å². The predicted octanol–water partition coefficient (Wildman–Crippen LogP) is 2.85. The second kappa shape index (κ2) is 7.03. The quantitative estimate of drug-likeness (QED) is 0.723. The number of nitrogens with zero attached hydrogens (tertiary/aromatic N) is 5. The highest BCUT2D eigenvalue weighted by atomic mass is 16.5. The maximum atomic E-state index is 12.7. The number of amides is 1. The molecule has 0 aliphatic carbocycles. The topological polar surface area (TPSA) is 85.0 Å². The third kappa shape index (κ3) is 3.33. The first-order valence-electron chi connectivity index (χ1n) is 8.67. The Morgan fingerprint density at radius 1 is 1.19 bits per heavy atom. The lowest BCUT2D eigenvalue weighted by molar-refractivity contribution is 0.0689. The predicted molar refractivity (Wildman–Crippen MR) is 94.4 cm³/mol. The molecule has 26 heavy (non-hydrogen) atoms. The molecular formula is C19H19N5O2. The molecule has 4 rings (SSSR count). The van der Waals surface area contributed by atoms with E-state index >= 15 is 0 Å². The Morgan fingerprint density at radius 3 is 2.81 bits per heavy atom. The summed E-state index contributed by atoms with van der Waals surface area (Å²) in [5.74, 6) is 1.09. The van der Waals surface area contributed by atoms with Crippen LogP contribution in [0.5, 0.6) is 0 Å². The van der Waals surface area contributed by atoms with Crippen LogP contribution in [0, 0.1) is 6.92 Å². The zero-order valence-electron chi connectivity index (χ0n) is 14.5. The Balaban J connectivity index is 1.49. The van der Waals surface area contributed by atoms with Crippen molar-refractivity contribution >= 4 is 5.91 Å². The van der Waals surface area contributed by atoms with E-state index in [0.29, 0.717) is 30.5 Å². The number of rotatable bonds is 3. The molecule has 1 aromatic carbocycles. The number of piperidine rings is 1. The van der Waals surface area contributed by atoms with E-state index in [9.17, 15) is 4.79 Å². The summed E-state index contributed by atoms with van der Waals surface area (Å²) in [5, 5.41) is 4.09. The summed E-state index contributed by atoms with van der Waals surface area (Å²) < 4.78 is 5.48. The van der Waals surface area contributed by atoms with Crippen molar-refractivity contribution in [2.75, 3.05) is 13.1 Å². The SMILES string of the molecule is Cc1cnc(C(=O)N2CCC[C@H](c3nc(-c4ccccc4)no3)C2)cn1. The lowest BCUT2D eigenvalue weighted by atomic mass is 9.97. The van der Waals surface area contributed by atoms with E-state index in [1.165, 1.54) is 6.20 Å². The molecule has 0 spiro atoms. The van der Waals surface area contributed by atoms with E-state index < -0.39 is 0 Å². The van der Waals surface area contributed by atoms with Crippen molar-refractivity contribution in [2.24, 2.45) is 0 Å². The lowest BCUT2D eigenvalue weighted by Crippen LogP contribution is -2.39. The zero-order chi connectivity index (χ0) is 17.9. The van der Waals surface area contributed by atoms with Crippen LogP contribution in [-0.4, -0.2) is 44.0 Å². The third-order valence-corrected chi connectivity index (χ3v) is 4.53. The molecule has 1 saturated heterocycles. The van der Waals surface area contributed by atoms with Gasteiger partial charge in [0.15, 0.2) is 0 Å². The fraction of sp³-hybridized carbons (Fsp3) is 0.316. The summed E-state index contributed by atoms with van der Waals surface area (Å²) in [7, 11) is 0. The van der Waals surface area contributed by atoms with E-state index in [4.69, 9.17) is 4.52 Å². The molecular weight excluding hydrogens is 330 g/mol. The van der Waals surface area contributed by atoms with Gasteiger partial charge in [-0.1, -0.05) is 35.5 Å². The molecule has 1 atom stereocenters. The van der Waals surface area contributed by atoms with Gasteiger partial charge in [0.2, 0.25) is 11.7 Å². The average molecular weight is 349 g/mol. The molecule has 1 aliphatic heterocycles. The Labute approximate surface area is 151 Å². The van der Waals surface area contributed by atoms with E-state index in [0.717, 1.165) is 24.1 Å². The van der Waals surface area contributed by atoms with Gasteiger partial charge in [0.05, 0.1) is 17.8 Å². The van der Waals surface area contributed by atoms with Crippen molar-refractivity contribution in [3.05, 3.63) is 60.0 Å². The summed E-state index contributed by atoms with van der Waals surface area (Å²) in [6, 6.07) is 9.72. The molecule has 3 heterocycles. The van der Waals surface area contributed by atoms with Gasteiger partial charge in [-0.3, -0.25) is 9.78 Å². The Kier molecular flexibility index (Phi) is 4.43. The summed E-state index contributed by atoms with van der Waals surface area (Å²) in [5.41, 5.74) is 2.07. The van der Waals surface area contributed by atoms with Crippen LogP contribution in [0.1, 0.15) is 40.8 Å². The number of hydrogen-bond donors (Lipinski definition) is 0. The molecule has 7 heteroatoms. The summed E-state index contributed by atoms with van der Waals surface area (Å²) in [6.45, 7) is 3.09. The second-order valence-corrected chi connectivity index (χ2v) is 6.46. The monoisotopic (exact) mass is 349 g/mol. The van der Waals surface area contributed by atoms with Crippen LogP contribution in [0.2, 0.25) is 0 Å². The van der Waals surface area contributed by atoms with Gasteiger partial charge >= 0.3 is 0 Å². The van der Waals surface area contributed by atoms with Crippen LogP contribution in [0.15, 0.2) is 47.2 Å². The Bertz CT molecular complexity index is 892. The number of aromatic nitrogens is 4. The van der Waals surface area contributed by atoms with Crippen molar-refractivity contribution < 1.29 is 9.32 Å². The Hall–Kier alpha value is -3.09. The van der Waals surface area contributed by atoms with Gasteiger partial charge in [0, 0.05) is 24.8 Å². The molecule has 3 aromatic rings. The maximum absolute atomic E-state index is 12.7. The van der Waals surface area contributed by atoms with Crippen LogP contribution in [-0.2, 0) is 0 Å². The molecule has 0 radical (unpaired) electrons. The molecule has 2 aromatic heterocycles. The minimum absolute atomic E-state index is 0.0380. The highest BCUT2D eigenvalue weighted by Crippen LogP contribution is 2.28. The van der Waals surface area contributed by atoms with Crippen molar-refractivity contribution in [3.8, 4) is 11.4 Å². The van der Waals surface area contributed by atoms with Crippen molar-refractivity contribution in [1.82, 2.24) is 25.0 Å². The highest BCUT2D eigenvalue weighted by molar-refractivity contribution is 5.92. The fourth-order valence-corrected chi connectivity index (χ4v) is 3.13. The van der Waals surface area contributed by atoms with Crippen molar-refractivity contribution in [1.29, 1.82) is 0 Å². The molecule has 1 fully saturated rings. The molecule has 0 unspecified atom stereocenters. The standard InChI is InChI=1S/C19H19N5O2/c1-13-10-21-16(11-20-13)19(25)24-9-5-8-15(12-24)18-22-17(23-26-18)14-6-3-2-4-7-14/h2-4,6-7,10-11,15H,5,8-9,12H2,1H3/t15-/m0/s1. The van der Waals surface area contributed by atoms with Gasteiger partial charge in [-0.05, 0) is 19.8 Å². The first-order valence-corrected chi connectivity index (χ1v) is 8.67. The van der Waals surface area contributed by atoms with Gasteiger partial charge in [-0.25, -0.2) is 4.98 Å². The molecule has 1 aliphatic rings. The average Bonchev–Trinajstić information content (AvgIpc) is 3.19. The minimum Gasteiger partial charge on any atom is -0.339 e. The van der Waals surface area contributed by atoms with Crippen LogP contribution >= 0.6 is 0 Å². The van der Waals surface area contributed by atoms with Crippen LogP contribution in [0.3, 0.4) is 0 Å². The number of carbonyl (C=O) groups excluding carboxylic acids is 1. The molecule has 7 nitrogen and oxygen atoms in total. The number of benzene rings is 1. The number of aryl methyl sites for hydroxylation is 1. The minimum atomic E-state index is -0.106.